The molecule has 0 aliphatic carbocycles. The van der Waals surface area contributed by atoms with Crippen LogP contribution in [-0.2, 0) is 20.3 Å². The second kappa shape index (κ2) is 8.10. The molecule has 0 radical (unpaired) electrons. The number of hydrogen-bond donors (Lipinski definition) is 1. The van der Waals surface area contributed by atoms with Crippen molar-refractivity contribution in [1.82, 2.24) is 10.2 Å². The number of methoxy groups -OCH3 is 1. The van der Waals surface area contributed by atoms with Crippen molar-refractivity contribution < 1.29 is 13.7 Å². The van der Waals surface area contributed by atoms with Crippen molar-refractivity contribution in [2.45, 2.75) is 45.2 Å². The minimum atomic E-state index is -0.665. The van der Waals surface area contributed by atoms with Gasteiger partial charge < -0.3 is 10.1 Å². The third kappa shape index (κ3) is 4.82. The SMILES string of the molecule is CCCNC(C)(CC(C)N1CCS(=O)CC1)C(=O)OC. The molecule has 0 aromatic carbocycles. The molecule has 2 unspecified atom stereocenters. The summed E-state index contributed by atoms with van der Waals surface area (Å²) >= 11 is 0. The maximum Gasteiger partial charge on any atom is 0.325 e. The van der Waals surface area contributed by atoms with Gasteiger partial charge in [0.1, 0.15) is 5.54 Å². The van der Waals surface area contributed by atoms with Crippen molar-refractivity contribution in [3.63, 3.8) is 0 Å². The van der Waals surface area contributed by atoms with Crippen LogP contribution in [0, 0.1) is 0 Å². The first-order valence-electron chi connectivity index (χ1n) is 7.35. The van der Waals surface area contributed by atoms with Gasteiger partial charge in [-0.2, -0.15) is 0 Å². The number of hydrogen-bond acceptors (Lipinski definition) is 5. The average molecular weight is 304 g/mol. The average Bonchev–Trinajstić information content (AvgIpc) is 2.44. The van der Waals surface area contributed by atoms with Crippen molar-refractivity contribution in [3.8, 4) is 0 Å². The van der Waals surface area contributed by atoms with Crippen LogP contribution in [0.4, 0.5) is 0 Å². The molecule has 6 heteroatoms. The van der Waals surface area contributed by atoms with E-state index in [1.165, 1.54) is 7.11 Å². The zero-order valence-corrected chi connectivity index (χ0v) is 13.9. The van der Waals surface area contributed by atoms with Gasteiger partial charge in [-0.05, 0) is 33.2 Å². The number of ether oxygens (including phenoxy) is 1. The van der Waals surface area contributed by atoms with Crippen molar-refractivity contribution >= 4 is 16.8 Å². The molecule has 0 spiro atoms. The molecular weight excluding hydrogens is 276 g/mol. The van der Waals surface area contributed by atoms with E-state index in [0.717, 1.165) is 37.6 Å². The van der Waals surface area contributed by atoms with Gasteiger partial charge in [-0.3, -0.25) is 13.9 Å². The number of nitrogens with zero attached hydrogens (tertiary/aromatic N) is 1. The van der Waals surface area contributed by atoms with E-state index in [4.69, 9.17) is 4.74 Å². The fraction of sp³-hybridized carbons (Fsp3) is 0.929. The third-order valence-electron chi connectivity index (χ3n) is 3.94. The Labute approximate surface area is 124 Å². The Kier molecular flexibility index (Phi) is 7.12. The molecule has 1 N–H and O–H groups in total. The second-order valence-corrected chi connectivity index (χ2v) is 7.38. The molecule has 0 bridgehead atoms. The molecule has 0 saturated carbocycles. The van der Waals surface area contributed by atoms with Gasteiger partial charge in [0.05, 0.1) is 7.11 Å². The van der Waals surface area contributed by atoms with Gasteiger partial charge in [-0.1, -0.05) is 6.92 Å². The van der Waals surface area contributed by atoms with Gasteiger partial charge in [0.2, 0.25) is 0 Å². The number of rotatable bonds is 7. The molecule has 1 rings (SSSR count). The summed E-state index contributed by atoms with van der Waals surface area (Å²) in [7, 11) is 0.769. The van der Waals surface area contributed by atoms with Crippen LogP contribution in [0.5, 0.6) is 0 Å². The van der Waals surface area contributed by atoms with E-state index >= 15 is 0 Å². The lowest BCUT2D eigenvalue weighted by atomic mass is 9.92. The fourth-order valence-electron chi connectivity index (χ4n) is 2.67. The predicted octanol–water partition coefficient (Wildman–Crippen LogP) is 0.761. The van der Waals surface area contributed by atoms with Crippen LogP contribution in [-0.4, -0.2) is 64.9 Å². The smallest absolute Gasteiger partial charge is 0.325 e. The normalized spacial score (nSPS) is 22.2. The highest BCUT2D eigenvalue weighted by molar-refractivity contribution is 7.85. The molecule has 118 valence electrons. The lowest BCUT2D eigenvalue weighted by molar-refractivity contribution is -0.148. The van der Waals surface area contributed by atoms with Crippen molar-refractivity contribution in [1.29, 1.82) is 0 Å². The van der Waals surface area contributed by atoms with E-state index in [9.17, 15) is 9.00 Å². The van der Waals surface area contributed by atoms with E-state index < -0.39 is 16.3 Å². The maximum atomic E-state index is 12.1. The van der Waals surface area contributed by atoms with Crippen LogP contribution in [0.1, 0.15) is 33.6 Å². The summed E-state index contributed by atoms with van der Waals surface area (Å²) in [5, 5.41) is 3.31. The summed E-state index contributed by atoms with van der Waals surface area (Å²) in [6.45, 7) is 8.60. The summed E-state index contributed by atoms with van der Waals surface area (Å²) in [6, 6.07) is 0.265. The Bertz CT molecular complexity index is 341. The van der Waals surface area contributed by atoms with Crippen LogP contribution in [0.15, 0.2) is 0 Å². The Morgan fingerprint density at radius 1 is 1.45 bits per heavy atom. The third-order valence-corrected chi connectivity index (χ3v) is 5.22. The summed E-state index contributed by atoms with van der Waals surface area (Å²) in [6.07, 6.45) is 1.68. The fourth-order valence-corrected chi connectivity index (χ4v) is 3.75. The molecule has 0 aromatic heterocycles. The van der Waals surface area contributed by atoms with Crippen LogP contribution < -0.4 is 5.32 Å². The zero-order chi connectivity index (χ0) is 15.2. The summed E-state index contributed by atoms with van der Waals surface area (Å²) in [5.41, 5.74) is -0.652. The minimum Gasteiger partial charge on any atom is -0.468 e. The van der Waals surface area contributed by atoms with E-state index in [1.807, 2.05) is 6.92 Å². The number of nitrogens with one attached hydrogen (secondary N) is 1. The number of esters is 1. The highest BCUT2D eigenvalue weighted by atomic mass is 32.2. The minimum absolute atomic E-state index is 0.210. The molecule has 0 aromatic rings. The van der Waals surface area contributed by atoms with Crippen molar-refractivity contribution in [2.24, 2.45) is 0 Å². The monoisotopic (exact) mass is 304 g/mol. The first-order valence-corrected chi connectivity index (χ1v) is 8.84. The molecule has 2 atom stereocenters. The van der Waals surface area contributed by atoms with Crippen LogP contribution in [0.3, 0.4) is 0 Å². The van der Waals surface area contributed by atoms with Crippen molar-refractivity contribution in [2.75, 3.05) is 38.2 Å². The molecular formula is C14H28N2O3S. The quantitative estimate of drug-likeness (QED) is 0.704. The summed E-state index contributed by atoms with van der Waals surface area (Å²) < 4.78 is 16.4. The summed E-state index contributed by atoms with van der Waals surface area (Å²) in [5.74, 6) is 1.27. The molecule has 0 amide bonds. The van der Waals surface area contributed by atoms with Gasteiger partial charge in [-0.15, -0.1) is 0 Å². The molecule has 5 nitrogen and oxygen atoms in total. The molecule has 20 heavy (non-hydrogen) atoms. The highest BCUT2D eigenvalue weighted by Crippen LogP contribution is 2.19. The summed E-state index contributed by atoms with van der Waals surface area (Å²) in [4.78, 5) is 14.4. The largest absolute Gasteiger partial charge is 0.468 e. The lowest BCUT2D eigenvalue weighted by Gasteiger charge is -2.37. The second-order valence-electron chi connectivity index (χ2n) is 5.69. The highest BCUT2D eigenvalue weighted by Gasteiger charge is 2.37. The first kappa shape index (κ1) is 17.6. The van der Waals surface area contributed by atoms with Gasteiger partial charge in [0.25, 0.3) is 0 Å². The first-order chi connectivity index (χ1) is 9.42. The van der Waals surface area contributed by atoms with E-state index in [-0.39, 0.29) is 12.0 Å². The van der Waals surface area contributed by atoms with Gasteiger partial charge in [0.15, 0.2) is 0 Å². The molecule has 1 aliphatic rings. The molecule has 1 fully saturated rings. The maximum absolute atomic E-state index is 12.1. The topological polar surface area (TPSA) is 58.6 Å². The van der Waals surface area contributed by atoms with Gasteiger partial charge in [-0.25, -0.2) is 0 Å². The van der Waals surface area contributed by atoms with Gasteiger partial charge >= 0.3 is 5.97 Å². The molecule has 1 saturated heterocycles. The van der Waals surface area contributed by atoms with E-state index in [2.05, 4.69) is 24.1 Å². The lowest BCUT2D eigenvalue weighted by Crippen LogP contribution is -2.55. The molecule has 1 heterocycles. The van der Waals surface area contributed by atoms with E-state index in [1.54, 1.807) is 0 Å². The van der Waals surface area contributed by atoms with Gasteiger partial charge in [0, 0.05) is 41.4 Å². The van der Waals surface area contributed by atoms with Crippen molar-refractivity contribution in [3.05, 3.63) is 0 Å². The van der Waals surface area contributed by atoms with Crippen LogP contribution in [0.25, 0.3) is 0 Å². The van der Waals surface area contributed by atoms with Crippen LogP contribution >= 0.6 is 0 Å². The Morgan fingerprint density at radius 2 is 2.05 bits per heavy atom. The Balaban J connectivity index is 2.63. The molecule has 1 aliphatic heterocycles. The standard InChI is InChI=1S/C14H28N2O3S/c1-5-6-15-14(3,13(17)19-4)11-12(2)16-7-9-20(18)10-8-16/h12,15H,5-11H2,1-4H3. The predicted molar refractivity (Wildman–Crippen MR) is 82.2 cm³/mol. The zero-order valence-electron chi connectivity index (χ0n) is 13.1. The van der Waals surface area contributed by atoms with Crippen LogP contribution in [0.2, 0.25) is 0 Å². The Morgan fingerprint density at radius 3 is 2.55 bits per heavy atom. The Hall–Kier alpha value is -0.460. The van der Waals surface area contributed by atoms with E-state index in [0.29, 0.717) is 6.42 Å². The number of carbonyl (C=O) groups is 1. The number of carbonyl (C=O) groups excluding carboxylic acids is 1.